The Kier molecular flexibility index (Phi) is 5.71. The van der Waals surface area contributed by atoms with E-state index in [1.807, 2.05) is 0 Å². The van der Waals surface area contributed by atoms with Crippen molar-refractivity contribution in [3.8, 4) is 0 Å². The fourth-order valence-electron chi connectivity index (χ4n) is 1.99. The topological polar surface area (TPSA) is 93.1 Å². The minimum absolute atomic E-state index is 0.281. The van der Waals surface area contributed by atoms with E-state index in [9.17, 15) is 26.4 Å². The van der Waals surface area contributed by atoms with Gasteiger partial charge in [0.05, 0.1) is 5.70 Å². The maximum absolute atomic E-state index is 14.6. The molecule has 0 bridgehead atoms. The van der Waals surface area contributed by atoms with Crippen molar-refractivity contribution in [2.24, 2.45) is 7.05 Å². The molecule has 0 aromatic carbocycles. The summed E-state index contributed by atoms with van der Waals surface area (Å²) in [5.41, 5.74) is -1.44. The minimum atomic E-state index is -4.71. The van der Waals surface area contributed by atoms with Gasteiger partial charge in [0.1, 0.15) is 15.2 Å². The molecule has 2 aromatic heterocycles. The highest BCUT2D eigenvalue weighted by atomic mass is 79.9. The molecule has 2 N–H and O–H groups in total. The zero-order valence-electron chi connectivity index (χ0n) is 14.1. The third kappa shape index (κ3) is 4.69. The lowest BCUT2D eigenvalue weighted by molar-refractivity contribution is 0.0597. The number of hydrogen-bond acceptors (Lipinski definition) is 4. The predicted octanol–water partition coefficient (Wildman–Crippen LogP) is 3.02. The lowest BCUT2D eigenvalue weighted by Gasteiger charge is -2.15. The molecule has 7 nitrogen and oxygen atoms in total. The van der Waals surface area contributed by atoms with E-state index >= 15 is 0 Å². The highest BCUT2D eigenvalue weighted by molar-refractivity contribution is 9.10. The van der Waals surface area contributed by atoms with Crippen LogP contribution in [0.3, 0.4) is 0 Å². The number of allylic oxidation sites excluding steroid dienone is 1. The molecular weight excluding hydrogens is 453 g/mol. The maximum Gasteiger partial charge on any atom is 0.284 e. The van der Waals surface area contributed by atoms with Crippen LogP contribution in [0, 0.1) is 5.82 Å². The van der Waals surface area contributed by atoms with Crippen molar-refractivity contribution < 1.29 is 26.4 Å². The number of pyridine rings is 1. The molecule has 0 aliphatic rings. The van der Waals surface area contributed by atoms with Crippen molar-refractivity contribution in [2.75, 3.05) is 5.32 Å². The molecular formula is C15H14BrF3N4O3S. The average molecular weight is 467 g/mol. The zero-order valence-corrected chi connectivity index (χ0v) is 16.5. The van der Waals surface area contributed by atoms with Crippen LogP contribution >= 0.6 is 15.9 Å². The number of amides is 1. The highest BCUT2D eigenvalue weighted by Gasteiger charge is 2.33. The van der Waals surface area contributed by atoms with Crippen molar-refractivity contribution in [1.29, 1.82) is 0 Å². The van der Waals surface area contributed by atoms with E-state index < -0.39 is 44.0 Å². The molecule has 2 aromatic rings. The van der Waals surface area contributed by atoms with Crippen LogP contribution in [-0.2, 0) is 17.1 Å². The summed E-state index contributed by atoms with van der Waals surface area (Å²) in [4.78, 5) is 15.2. The summed E-state index contributed by atoms with van der Waals surface area (Å²) < 4.78 is 68.2. The maximum atomic E-state index is 14.6. The van der Waals surface area contributed by atoms with Crippen LogP contribution in [0.1, 0.15) is 17.4 Å². The van der Waals surface area contributed by atoms with E-state index in [-0.39, 0.29) is 5.69 Å². The molecule has 0 atom stereocenters. The van der Waals surface area contributed by atoms with Crippen LogP contribution in [0.5, 0.6) is 0 Å². The van der Waals surface area contributed by atoms with Gasteiger partial charge in [0.15, 0.2) is 5.82 Å². The van der Waals surface area contributed by atoms with Gasteiger partial charge in [-0.05, 0) is 28.1 Å². The van der Waals surface area contributed by atoms with Gasteiger partial charge in [0.25, 0.3) is 21.9 Å². The lowest BCUT2D eigenvalue weighted by Crippen LogP contribution is -2.31. The molecule has 0 spiro atoms. The number of carbonyl (C=O) groups excluding carboxylic acids is 1. The molecule has 2 rings (SSSR count). The first-order valence-corrected chi connectivity index (χ1v) is 9.48. The number of aryl methyl sites for hydroxylation is 1. The lowest BCUT2D eigenvalue weighted by atomic mass is 10.3. The Balaban J connectivity index is 2.36. The van der Waals surface area contributed by atoms with Gasteiger partial charge < -0.3 is 9.88 Å². The zero-order chi connectivity index (χ0) is 20.6. The fourth-order valence-corrected chi connectivity index (χ4v) is 3.60. The quantitative estimate of drug-likeness (QED) is 0.639. The Morgan fingerprint density at radius 3 is 2.59 bits per heavy atom. The summed E-state index contributed by atoms with van der Waals surface area (Å²) in [5, 5.41) is 2.39. The minimum Gasteiger partial charge on any atom is -0.343 e. The largest absolute Gasteiger partial charge is 0.343 e. The van der Waals surface area contributed by atoms with E-state index in [1.165, 1.54) is 30.1 Å². The molecule has 12 heteroatoms. The Morgan fingerprint density at radius 2 is 2.04 bits per heavy atom. The number of anilines is 1. The van der Waals surface area contributed by atoms with Gasteiger partial charge in [0.2, 0.25) is 0 Å². The molecule has 27 heavy (non-hydrogen) atoms. The second-order valence-corrected chi connectivity index (χ2v) is 8.02. The third-order valence-electron chi connectivity index (χ3n) is 3.36. The number of sulfonamides is 1. The number of nitrogens with one attached hydrogen (secondary N) is 2. The monoisotopic (exact) mass is 466 g/mol. The van der Waals surface area contributed by atoms with Crippen LogP contribution in [0.15, 0.2) is 46.3 Å². The van der Waals surface area contributed by atoms with Gasteiger partial charge in [-0.2, -0.15) is 0 Å². The van der Waals surface area contributed by atoms with E-state index in [2.05, 4.69) is 32.8 Å². The van der Waals surface area contributed by atoms with Crippen molar-refractivity contribution in [3.05, 3.63) is 52.9 Å². The summed E-state index contributed by atoms with van der Waals surface area (Å²) in [6, 6.07) is 2.89. The van der Waals surface area contributed by atoms with Crippen molar-refractivity contribution >= 4 is 37.5 Å². The van der Waals surface area contributed by atoms with Gasteiger partial charge in [0, 0.05) is 32.1 Å². The van der Waals surface area contributed by atoms with E-state index in [0.717, 1.165) is 10.8 Å². The molecule has 0 unspecified atom stereocenters. The molecule has 0 radical (unpaired) electrons. The number of rotatable bonds is 6. The highest BCUT2D eigenvalue weighted by Crippen LogP contribution is 2.25. The number of alkyl halides is 2. The van der Waals surface area contributed by atoms with Crippen molar-refractivity contribution in [2.45, 2.75) is 17.7 Å². The number of aromatic nitrogens is 2. The number of nitrogens with zero attached hydrogens (tertiary/aromatic N) is 2. The summed E-state index contributed by atoms with van der Waals surface area (Å²) in [6.45, 7) is 3.37. The van der Waals surface area contributed by atoms with Gasteiger partial charge >= 0.3 is 0 Å². The second-order valence-electron chi connectivity index (χ2n) is 5.56. The second kappa shape index (κ2) is 7.35. The number of halogens is 4. The van der Waals surface area contributed by atoms with Crippen LogP contribution in [0.4, 0.5) is 18.9 Å². The van der Waals surface area contributed by atoms with Crippen molar-refractivity contribution in [3.63, 3.8) is 0 Å². The summed E-state index contributed by atoms with van der Waals surface area (Å²) >= 11 is 3.11. The van der Waals surface area contributed by atoms with Crippen LogP contribution in [0.25, 0.3) is 0 Å². The summed E-state index contributed by atoms with van der Waals surface area (Å²) in [5.74, 6) is -5.87. The number of hydrogen-bond donors (Lipinski definition) is 2. The Labute approximate surface area is 161 Å². The van der Waals surface area contributed by atoms with Crippen LogP contribution in [0.2, 0.25) is 0 Å². The molecule has 1 amide bonds. The fraction of sp³-hybridized carbons (Fsp3) is 0.200. The molecule has 0 saturated carbocycles. The first kappa shape index (κ1) is 21.0. The summed E-state index contributed by atoms with van der Waals surface area (Å²) in [6.07, 6.45) is 2.19. The third-order valence-corrected chi connectivity index (χ3v) is 5.18. The average Bonchev–Trinajstić information content (AvgIpc) is 2.81. The molecule has 0 saturated heterocycles. The molecule has 146 valence electrons. The van der Waals surface area contributed by atoms with E-state index in [4.69, 9.17) is 0 Å². The van der Waals surface area contributed by atoms with E-state index in [1.54, 1.807) is 0 Å². The van der Waals surface area contributed by atoms with Crippen LogP contribution < -0.4 is 10.0 Å². The van der Waals surface area contributed by atoms with Crippen molar-refractivity contribution in [1.82, 2.24) is 14.3 Å². The first-order valence-electron chi connectivity index (χ1n) is 7.20. The Bertz CT molecular complexity index is 1020. The van der Waals surface area contributed by atoms with Gasteiger partial charge in [-0.3, -0.25) is 9.52 Å². The SMILES string of the molecule is C=C(NS(=O)(=O)c1cn(C)c(C(=O)Nc2ccnc(Br)c2)c1F)C(C)(F)F. The van der Waals surface area contributed by atoms with Gasteiger partial charge in [-0.1, -0.05) is 6.58 Å². The Morgan fingerprint density at radius 1 is 1.41 bits per heavy atom. The van der Waals surface area contributed by atoms with Crippen LogP contribution in [-0.4, -0.2) is 29.8 Å². The summed E-state index contributed by atoms with van der Waals surface area (Å²) in [7, 11) is -3.47. The molecule has 0 fully saturated rings. The molecule has 2 heterocycles. The number of carbonyl (C=O) groups is 1. The standard InChI is InChI=1S/C15H14BrF3N4O3S/c1-8(15(2,18)19)22-27(25,26)10-7-23(3)13(12(10)17)14(24)21-9-4-5-20-11(16)6-9/h4-7,22H,1H2,2-3H3,(H,20,21,24). The first-order chi connectivity index (χ1) is 12.3. The van der Waals surface area contributed by atoms with Gasteiger partial charge in [-0.15, -0.1) is 0 Å². The molecule has 0 aliphatic carbocycles. The van der Waals surface area contributed by atoms with Gasteiger partial charge in [-0.25, -0.2) is 26.6 Å². The predicted molar refractivity (Wildman–Crippen MR) is 95.3 cm³/mol. The normalized spacial score (nSPS) is 11.9. The Hall–Kier alpha value is -2.34. The molecule has 0 aliphatic heterocycles. The smallest absolute Gasteiger partial charge is 0.284 e. The van der Waals surface area contributed by atoms with E-state index in [0.29, 0.717) is 11.5 Å².